The molecule has 1 rings (SSSR count). The number of hydrogen-bond donors (Lipinski definition) is 1. The van der Waals surface area contributed by atoms with E-state index >= 15 is 0 Å². The molecule has 0 fully saturated rings. The molecule has 0 spiro atoms. The number of hydrogen-bond acceptors (Lipinski definition) is 3. The second-order valence-electron chi connectivity index (χ2n) is 5.67. The van der Waals surface area contributed by atoms with Crippen LogP contribution in [-0.2, 0) is 16.1 Å². The highest BCUT2D eigenvalue weighted by Gasteiger charge is 2.22. The SMILES string of the molecule is CC(Cn1cc(Cl)cn1)C(=O)NCC(=O)C(C)(C)C. The molecule has 0 bridgehead atoms. The van der Waals surface area contributed by atoms with Gasteiger partial charge in [-0.15, -0.1) is 0 Å². The highest BCUT2D eigenvalue weighted by molar-refractivity contribution is 6.30. The van der Waals surface area contributed by atoms with Crippen LogP contribution >= 0.6 is 11.6 Å². The summed E-state index contributed by atoms with van der Waals surface area (Å²) in [5.74, 6) is -0.428. The summed E-state index contributed by atoms with van der Waals surface area (Å²) in [4.78, 5) is 23.6. The van der Waals surface area contributed by atoms with Crippen LogP contribution in [0, 0.1) is 11.3 Å². The zero-order valence-corrected chi connectivity index (χ0v) is 12.5. The van der Waals surface area contributed by atoms with Gasteiger partial charge in [0.05, 0.1) is 30.2 Å². The lowest BCUT2D eigenvalue weighted by atomic mass is 9.91. The summed E-state index contributed by atoms with van der Waals surface area (Å²) in [5.41, 5.74) is -0.438. The van der Waals surface area contributed by atoms with Crippen molar-refractivity contribution in [2.24, 2.45) is 11.3 Å². The molecule has 0 aliphatic carbocycles. The number of rotatable bonds is 5. The van der Waals surface area contributed by atoms with E-state index in [4.69, 9.17) is 11.6 Å². The van der Waals surface area contributed by atoms with E-state index in [9.17, 15) is 9.59 Å². The van der Waals surface area contributed by atoms with E-state index in [0.29, 0.717) is 11.6 Å². The van der Waals surface area contributed by atoms with Crippen LogP contribution in [0.3, 0.4) is 0 Å². The largest absolute Gasteiger partial charge is 0.349 e. The van der Waals surface area contributed by atoms with Crippen molar-refractivity contribution in [3.8, 4) is 0 Å². The summed E-state index contributed by atoms with van der Waals surface area (Å²) in [5, 5.41) is 7.20. The summed E-state index contributed by atoms with van der Waals surface area (Å²) >= 11 is 5.75. The summed E-state index contributed by atoms with van der Waals surface area (Å²) in [6, 6.07) is 0. The van der Waals surface area contributed by atoms with Crippen molar-refractivity contribution in [2.45, 2.75) is 34.2 Å². The van der Waals surface area contributed by atoms with Gasteiger partial charge in [-0.05, 0) is 0 Å². The quantitative estimate of drug-likeness (QED) is 0.899. The van der Waals surface area contributed by atoms with Crippen LogP contribution in [0.4, 0.5) is 0 Å². The van der Waals surface area contributed by atoms with Gasteiger partial charge in [0.15, 0.2) is 5.78 Å². The van der Waals surface area contributed by atoms with Gasteiger partial charge in [-0.3, -0.25) is 14.3 Å². The average molecular weight is 286 g/mol. The van der Waals surface area contributed by atoms with E-state index in [1.807, 2.05) is 20.8 Å². The molecule has 0 aliphatic rings. The van der Waals surface area contributed by atoms with Crippen LogP contribution in [0.1, 0.15) is 27.7 Å². The molecule has 19 heavy (non-hydrogen) atoms. The Labute approximate surface area is 118 Å². The Morgan fingerprint density at radius 1 is 1.47 bits per heavy atom. The smallest absolute Gasteiger partial charge is 0.225 e. The highest BCUT2D eigenvalue weighted by atomic mass is 35.5. The van der Waals surface area contributed by atoms with Crippen molar-refractivity contribution in [1.29, 1.82) is 0 Å². The number of Topliss-reactive ketones (excluding diaryl/α,β-unsaturated/α-hetero) is 1. The number of aromatic nitrogens is 2. The second kappa shape index (κ2) is 6.19. The molecule has 0 saturated heterocycles. The van der Waals surface area contributed by atoms with Crippen LogP contribution in [0.15, 0.2) is 12.4 Å². The van der Waals surface area contributed by atoms with E-state index < -0.39 is 5.41 Å². The maximum atomic E-state index is 11.8. The number of halogens is 1. The molecule has 1 atom stereocenters. The first-order valence-corrected chi connectivity index (χ1v) is 6.57. The van der Waals surface area contributed by atoms with Crippen LogP contribution in [0.5, 0.6) is 0 Å². The molecule has 5 nitrogen and oxygen atoms in total. The van der Waals surface area contributed by atoms with Gasteiger partial charge < -0.3 is 5.32 Å². The van der Waals surface area contributed by atoms with Crippen molar-refractivity contribution in [1.82, 2.24) is 15.1 Å². The fraction of sp³-hybridized carbons (Fsp3) is 0.615. The van der Waals surface area contributed by atoms with Gasteiger partial charge in [0.1, 0.15) is 0 Å². The van der Waals surface area contributed by atoms with Gasteiger partial charge in [-0.2, -0.15) is 5.10 Å². The maximum absolute atomic E-state index is 11.8. The number of ketones is 1. The molecular formula is C13H20ClN3O2. The zero-order valence-electron chi connectivity index (χ0n) is 11.7. The summed E-state index contributed by atoms with van der Waals surface area (Å²) < 4.78 is 1.61. The van der Waals surface area contributed by atoms with E-state index in [2.05, 4.69) is 10.4 Å². The number of amides is 1. The predicted octanol–water partition coefficient (Wildman–Crippen LogP) is 1.90. The van der Waals surface area contributed by atoms with Crippen molar-refractivity contribution in [2.75, 3.05) is 6.54 Å². The lowest BCUT2D eigenvalue weighted by Gasteiger charge is -2.18. The number of carbonyl (C=O) groups is 2. The fourth-order valence-electron chi connectivity index (χ4n) is 1.41. The van der Waals surface area contributed by atoms with Gasteiger partial charge in [-0.25, -0.2) is 0 Å². The summed E-state index contributed by atoms with van der Waals surface area (Å²) in [7, 11) is 0. The van der Waals surface area contributed by atoms with Crippen molar-refractivity contribution in [3.05, 3.63) is 17.4 Å². The summed E-state index contributed by atoms with van der Waals surface area (Å²) in [6.07, 6.45) is 3.18. The molecule has 1 amide bonds. The Morgan fingerprint density at radius 3 is 2.58 bits per heavy atom. The van der Waals surface area contributed by atoms with Crippen LogP contribution in [0.2, 0.25) is 5.02 Å². The Kier molecular flexibility index (Phi) is 5.11. The topological polar surface area (TPSA) is 64.0 Å². The maximum Gasteiger partial charge on any atom is 0.225 e. The van der Waals surface area contributed by atoms with E-state index in [0.717, 1.165) is 0 Å². The third-order valence-corrected chi connectivity index (χ3v) is 2.97. The van der Waals surface area contributed by atoms with Gasteiger partial charge >= 0.3 is 0 Å². The lowest BCUT2D eigenvalue weighted by Crippen LogP contribution is -2.38. The number of carbonyl (C=O) groups excluding carboxylic acids is 2. The Morgan fingerprint density at radius 2 is 2.11 bits per heavy atom. The first-order valence-electron chi connectivity index (χ1n) is 6.19. The highest BCUT2D eigenvalue weighted by Crippen LogP contribution is 2.13. The molecule has 1 heterocycles. The lowest BCUT2D eigenvalue weighted by molar-refractivity contribution is -0.130. The molecule has 1 unspecified atom stereocenters. The van der Waals surface area contributed by atoms with Gasteiger partial charge in [-0.1, -0.05) is 39.3 Å². The third-order valence-electron chi connectivity index (χ3n) is 2.77. The van der Waals surface area contributed by atoms with E-state index in [1.165, 1.54) is 6.20 Å². The van der Waals surface area contributed by atoms with Crippen LogP contribution < -0.4 is 5.32 Å². The van der Waals surface area contributed by atoms with Gasteiger partial charge in [0, 0.05) is 11.6 Å². The molecule has 6 heteroatoms. The molecular weight excluding hydrogens is 266 g/mol. The normalized spacial score (nSPS) is 13.1. The second-order valence-corrected chi connectivity index (χ2v) is 6.11. The summed E-state index contributed by atoms with van der Waals surface area (Å²) in [6.45, 7) is 7.77. The van der Waals surface area contributed by atoms with Gasteiger partial charge in [0.25, 0.3) is 0 Å². The van der Waals surface area contributed by atoms with E-state index in [-0.39, 0.29) is 24.2 Å². The van der Waals surface area contributed by atoms with Crippen LogP contribution in [0.25, 0.3) is 0 Å². The van der Waals surface area contributed by atoms with Crippen molar-refractivity contribution < 1.29 is 9.59 Å². The van der Waals surface area contributed by atoms with Gasteiger partial charge in [0.2, 0.25) is 5.91 Å². The zero-order chi connectivity index (χ0) is 14.6. The van der Waals surface area contributed by atoms with Crippen LogP contribution in [-0.4, -0.2) is 28.0 Å². The van der Waals surface area contributed by atoms with Crippen molar-refractivity contribution in [3.63, 3.8) is 0 Å². The average Bonchev–Trinajstić information content (AvgIpc) is 2.69. The molecule has 0 saturated carbocycles. The third kappa shape index (κ3) is 5.03. The predicted molar refractivity (Wildman–Crippen MR) is 73.9 cm³/mol. The minimum atomic E-state index is -0.438. The fourth-order valence-corrected chi connectivity index (χ4v) is 1.56. The van der Waals surface area contributed by atoms with Crippen molar-refractivity contribution >= 4 is 23.3 Å². The minimum Gasteiger partial charge on any atom is -0.349 e. The Hall–Kier alpha value is -1.36. The monoisotopic (exact) mass is 285 g/mol. The standard InChI is InChI=1S/C13H20ClN3O2/c1-9(7-17-8-10(14)5-16-17)12(19)15-6-11(18)13(2,3)4/h5,8-9H,6-7H2,1-4H3,(H,15,19). The van der Waals surface area contributed by atoms with E-state index in [1.54, 1.807) is 17.8 Å². The molecule has 1 N–H and O–H groups in total. The molecule has 0 aromatic carbocycles. The first-order chi connectivity index (χ1) is 8.70. The molecule has 1 aromatic rings. The number of nitrogens with one attached hydrogen (secondary N) is 1. The molecule has 106 valence electrons. The first kappa shape index (κ1) is 15.7. The minimum absolute atomic E-state index is 0.00943. The molecule has 0 aliphatic heterocycles. The Bertz CT molecular complexity index is 463. The molecule has 1 aromatic heterocycles. The molecule has 0 radical (unpaired) electrons. The Balaban J connectivity index is 2.43. The number of nitrogens with zero attached hydrogens (tertiary/aromatic N) is 2.